The fourth-order valence-corrected chi connectivity index (χ4v) is 3.78. The molecule has 0 fully saturated rings. The highest BCUT2D eigenvalue weighted by molar-refractivity contribution is 5.70. The molecule has 0 saturated carbocycles. The van der Waals surface area contributed by atoms with Crippen molar-refractivity contribution in [3.05, 3.63) is 0 Å². The summed E-state index contributed by atoms with van der Waals surface area (Å²) in [6.45, 7) is 7.26. The van der Waals surface area contributed by atoms with Crippen LogP contribution in [0.5, 0.6) is 0 Å². The molecule has 0 aromatic heterocycles. The van der Waals surface area contributed by atoms with E-state index in [0.29, 0.717) is 18.8 Å². The third-order valence-electron chi connectivity index (χ3n) is 5.69. The Morgan fingerprint density at radius 1 is 0.774 bits per heavy atom. The van der Waals surface area contributed by atoms with E-state index in [1.807, 2.05) is 19.0 Å². The molecule has 0 aromatic rings. The maximum Gasteiger partial charge on any atom is 0.306 e. The minimum Gasteiger partial charge on any atom is -0.462 e. The van der Waals surface area contributed by atoms with Crippen LogP contribution in [-0.4, -0.2) is 50.2 Å². The quantitative estimate of drug-likeness (QED) is 0.150. The van der Waals surface area contributed by atoms with Gasteiger partial charge in [-0.05, 0) is 52.7 Å². The summed E-state index contributed by atoms with van der Waals surface area (Å²) in [5.41, 5.74) is 0. The summed E-state index contributed by atoms with van der Waals surface area (Å²) in [5, 5.41) is 0. The summed E-state index contributed by atoms with van der Waals surface area (Å²) in [6.07, 6.45) is 16.1. The molecule has 0 amide bonds. The Labute approximate surface area is 192 Å². The monoisotopic (exact) mass is 441 g/mol. The SMILES string of the molecule is CCCCCCCCC(CCCCCC)CC(=O)OCC(C)OC(=O)CCCN(C)C. The van der Waals surface area contributed by atoms with Gasteiger partial charge in [0.15, 0.2) is 0 Å². The maximum absolute atomic E-state index is 12.4. The van der Waals surface area contributed by atoms with Crippen LogP contribution in [-0.2, 0) is 19.1 Å². The van der Waals surface area contributed by atoms with Crippen LogP contribution in [0.3, 0.4) is 0 Å². The molecular formula is C26H51NO4. The van der Waals surface area contributed by atoms with Crippen LogP contribution in [0, 0.1) is 5.92 Å². The average Bonchev–Trinajstić information content (AvgIpc) is 2.71. The molecule has 0 radical (unpaired) electrons. The Hall–Kier alpha value is -1.10. The molecule has 0 spiro atoms. The molecule has 0 saturated heterocycles. The van der Waals surface area contributed by atoms with Gasteiger partial charge in [-0.3, -0.25) is 9.59 Å². The van der Waals surface area contributed by atoms with Crippen molar-refractivity contribution in [1.29, 1.82) is 0 Å². The van der Waals surface area contributed by atoms with Crippen molar-refractivity contribution in [3.63, 3.8) is 0 Å². The van der Waals surface area contributed by atoms with Crippen molar-refractivity contribution in [2.24, 2.45) is 5.92 Å². The van der Waals surface area contributed by atoms with Gasteiger partial charge < -0.3 is 14.4 Å². The zero-order valence-electron chi connectivity index (χ0n) is 21.3. The molecular weight excluding hydrogens is 390 g/mol. The summed E-state index contributed by atoms with van der Waals surface area (Å²) in [5.74, 6) is 0.0451. The van der Waals surface area contributed by atoms with E-state index in [4.69, 9.17) is 9.47 Å². The molecule has 0 rings (SSSR count). The normalized spacial score (nSPS) is 13.2. The Morgan fingerprint density at radius 2 is 1.32 bits per heavy atom. The van der Waals surface area contributed by atoms with Crippen LogP contribution in [0.15, 0.2) is 0 Å². The van der Waals surface area contributed by atoms with Crippen molar-refractivity contribution in [1.82, 2.24) is 4.90 Å². The van der Waals surface area contributed by atoms with Crippen LogP contribution >= 0.6 is 0 Å². The third kappa shape index (κ3) is 20.6. The molecule has 0 aliphatic carbocycles. The first-order valence-electron chi connectivity index (χ1n) is 12.9. The Kier molecular flexibility index (Phi) is 20.0. The number of carbonyl (C=O) groups is 2. The van der Waals surface area contributed by atoms with E-state index in [-0.39, 0.29) is 18.5 Å². The van der Waals surface area contributed by atoms with Crippen LogP contribution in [0.25, 0.3) is 0 Å². The minimum absolute atomic E-state index is 0.151. The second-order valence-corrected chi connectivity index (χ2v) is 9.37. The van der Waals surface area contributed by atoms with Gasteiger partial charge in [0.05, 0.1) is 0 Å². The zero-order valence-corrected chi connectivity index (χ0v) is 21.3. The van der Waals surface area contributed by atoms with E-state index in [9.17, 15) is 9.59 Å². The topological polar surface area (TPSA) is 55.8 Å². The summed E-state index contributed by atoms with van der Waals surface area (Å²) in [4.78, 5) is 26.3. The molecule has 0 aliphatic rings. The van der Waals surface area contributed by atoms with E-state index >= 15 is 0 Å². The lowest BCUT2D eigenvalue weighted by molar-refractivity contribution is -0.158. The van der Waals surface area contributed by atoms with Crippen LogP contribution in [0.4, 0.5) is 0 Å². The first kappa shape index (κ1) is 29.9. The highest BCUT2D eigenvalue weighted by atomic mass is 16.6. The van der Waals surface area contributed by atoms with Crippen LogP contribution < -0.4 is 0 Å². The van der Waals surface area contributed by atoms with Crippen molar-refractivity contribution in [3.8, 4) is 0 Å². The lowest BCUT2D eigenvalue weighted by atomic mass is 9.91. The maximum atomic E-state index is 12.4. The second kappa shape index (κ2) is 20.8. The minimum atomic E-state index is -0.391. The van der Waals surface area contributed by atoms with Gasteiger partial charge in [0.25, 0.3) is 0 Å². The van der Waals surface area contributed by atoms with Gasteiger partial charge >= 0.3 is 11.9 Å². The fraction of sp³-hybridized carbons (Fsp3) is 0.923. The van der Waals surface area contributed by atoms with Gasteiger partial charge in [-0.15, -0.1) is 0 Å². The summed E-state index contributed by atoms with van der Waals surface area (Å²) < 4.78 is 10.8. The number of nitrogens with zero attached hydrogens (tertiary/aromatic N) is 1. The predicted molar refractivity (Wildman–Crippen MR) is 129 cm³/mol. The van der Waals surface area contributed by atoms with Gasteiger partial charge in [0.2, 0.25) is 0 Å². The van der Waals surface area contributed by atoms with E-state index in [2.05, 4.69) is 13.8 Å². The molecule has 0 N–H and O–H groups in total. The molecule has 5 heteroatoms. The Balaban J connectivity index is 4.19. The van der Waals surface area contributed by atoms with E-state index in [1.165, 1.54) is 64.2 Å². The van der Waals surface area contributed by atoms with Crippen LogP contribution in [0.2, 0.25) is 0 Å². The van der Waals surface area contributed by atoms with E-state index < -0.39 is 6.10 Å². The summed E-state index contributed by atoms with van der Waals surface area (Å²) in [7, 11) is 3.97. The molecule has 5 nitrogen and oxygen atoms in total. The van der Waals surface area contributed by atoms with E-state index in [1.54, 1.807) is 6.92 Å². The van der Waals surface area contributed by atoms with Crippen LogP contribution in [0.1, 0.15) is 117 Å². The molecule has 0 aromatic carbocycles. The van der Waals surface area contributed by atoms with Crippen molar-refractivity contribution < 1.29 is 19.1 Å². The largest absolute Gasteiger partial charge is 0.462 e. The molecule has 0 heterocycles. The predicted octanol–water partition coefficient (Wildman–Crippen LogP) is 6.53. The van der Waals surface area contributed by atoms with Gasteiger partial charge in [0.1, 0.15) is 12.7 Å². The third-order valence-corrected chi connectivity index (χ3v) is 5.69. The number of hydrogen-bond donors (Lipinski definition) is 0. The molecule has 0 bridgehead atoms. The highest BCUT2D eigenvalue weighted by Gasteiger charge is 2.17. The highest BCUT2D eigenvalue weighted by Crippen LogP contribution is 2.22. The number of unbranched alkanes of at least 4 members (excludes halogenated alkanes) is 8. The standard InChI is InChI=1S/C26H51NO4/c1-6-8-10-12-13-15-18-24(17-14-11-9-7-2)21-26(29)30-22-23(3)31-25(28)19-16-20-27(4)5/h23-24H,6-22H2,1-5H3. The average molecular weight is 442 g/mol. The van der Waals surface area contributed by atoms with Gasteiger partial charge in [-0.1, -0.05) is 78.1 Å². The summed E-state index contributed by atoms with van der Waals surface area (Å²) >= 11 is 0. The lowest BCUT2D eigenvalue weighted by Gasteiger charge is -2.18. The van der Waals surface area contributed by atoms with Gasteiger partial charge in [-0.2, -0.15) is 0 Å². The fourth-order valence-electron chi connectivity index (χ4n) is 3.78. The number of hydrogen-bond acceptors (Lipinski definition) is 5. The van der Waals surface area contributed by atoms with Crippen molar-refractivity contribution in [2.45, 2.75) is 123 Å². The molecule has 184 valence electrons. The van der Waals surface area contributed by atoms with E-state index in [0.717, 1.165) is 25.8 Å². The first-order valence-corrected chi connectivity index (χ1v) is 12.9. The van der Waals surface area contributed by atoms with Gasteiger partial charge in [-0.25, -0.2) is 0 Å². The second-order valence-electron chi connectivity index (χ2n) is 9.37. The first-order chi connectivity index (χ1) is 14.9. The lowest BCUT2D eigenvalue weighted by Crippen LogP contribution is -2.24. The number of ether oxygens (including phenoxy) is 2. The van der Waals surface area contributed by atoms with Crippen molar-refractivity contribution in [2.75, 3.05) is 27.2 Å². The number of carbonyl (C=O) groups excluding carboxylic acids is 2. The molecule has 31 heavy (non-hydrogen) atoms. The Bertz CT molecular complexity index is 439. The van der Waals surface area contributed by atoms with Gasteiger partial charge in [0, 0.05) is 12.8 Å². The number of rotatable bonds is 21. The van der Waals surface area contributed by atoms with Crippen molar-refractivity contribution >= 4 is 11.9 Å². The summed E-state index contributed by atoms with van der Waals surface area (Å²) in [6, 6.07) is 0. The Morgan fingerprint density at radius 3 is 1.90 bits per heavy atom. The molecule has 2 unspecified atom stereocenters. The zero-order chi connectivity index (χ0) is 23.3. The number of esters is 2. The molecule has 0 aliphatic heterocycles. The molecule has 2 atom stereocenters. The smallest absolute Gasteiger partial charge is 0.306 e.